The van der Waals surface area contributed by atoms with Crippen LogP contribution in [0.1, 0.15) is 0 Å². The Morgan fingerprint density at radius 2 is 2.19 bits per heavy atom. The van der Waals surface area contributed by atoms with Crippen LogP contribution in [0.15, 0.2) is 28.9 Å². The van der Waals surface area contributed by atoms with E-state index in [1.807, 2.05) is 0 Å². The lowest BCUT2D eigenvalue weighted by Crippen LogP contribution is -2.02. The number of methoxy groups -OCH3 is 1. The van der Waals surface area contributed by atoms with Gasteiger partial charge in [-0.25, -0.2) is 4.98 Å². The zero-order valence-electron chi connectivity index (χ0n) is 11.2. The topological polar surface area (TPSA) is 99.4 Å². The molecule has 0 unspecified atom stereocenters. The minimum absolute atomic E-state index is 0.148. The molecule has 0 aliphatic carbocycles. The van der Waals surface area contributed by atoms with E-state index >= 15 is 0 Å². The summed E-state index contributed by atoms with van der Waals surface area (Å²) in [4.78, 5) is 18.1. The summed E-state index contributed by atoms with van der Waals surface area (Å²) in [5.41, 5.74) is -0.322. The number of hydrogen-bond acceptors (Lipinski definition) is 7. The predicted octanol–water partition coefficient (Wildman–Crippen LogP) is 2.99. The molecule has 110 valence electrons. The summed E-state index contributed by atoms with van der Waals surface area (Å²) >= 11 is 3.31. The Morgan fingerprint density at radius 3 is 2.76 bits per heavy atom. The van der Waals surface area contributed by atoms with Gasteiger partial charge in [0.05, 0.1) is 16.5 Å². The summed E-state index contributed by atoms with van der Waals surface area (Å²) in [6.45, 7) is 0. The highest BCUT2D eigenvalue weighted by molar-refractivity contribution is 9.10. The van der Waals surface area contributed by atoms with E-state index in [-0.39, 0.29) is 17.5 Å². The summed E-state index contributed by atoms with van der Waals surface area (Å²) in [5, 5.41) is 13.7. The molecule has 0 fully saturated rings. The Kier molecular flexibility index (Phi) is 4.53. The zero-order chi connectivity index (χ0) is 15.4. The van der Waals surface area contributed by atoms with Gasteiger partial charge < -0.3 is 14.8 Å². The van der Waals surface area contributed by atoms with E-state index in [0.29, 0.717) is 16.0 Å². The Labute approximate surface area is 128 Å². The molecule has 0 saturated heterocycles. The molecule has 1 N–H and O–H groups in total. The van der Waals surface area contributed by atoms with Crippen molar-refractivity contribution in [3.05, 3.63) is 39.0 Å². The Hall–Kier alpha value is -2.42. The lowest BCUT2D eigenvalue weighted by Gasteiger charge is -2.09. The van der Waals surface area contributed by atoms with Gasteiger partial charge in [-0.05, 0) is 34.1 Å². The number of aromatic nitrogens is 2. The van der Waals surface area contributed by atoms with Crippen molar-refractivity contribution in [3.63, 3.8) is 0 Å². The maximum Gasteiger partial charge on any atom is 0.349 e. The smallest absolute Gasteiger partial charge is 0.349 e. The highest BCUT2D eigenvalue weighted by Gasteiger charge is 2.20. The van der Waals surface area contributed by atoms with Gasteiger partial charge in [-0.15, -0.1) is 0 Å². The average molecular weight is 355 g/mol. The molecular formula is C12H11BrN4O4. The summed E-state index contributed by atoms with van der Waals surface area (Å²) in [5.74, 6) is 1.08. The van der Waals surface area contributed by atoms with Crippen LogP contribution in [0.4, 0.5) is 11.6 Å². The fourth-order valence-corrected chi connectivity index (χ4v) is 1.91. The van der Waals surface area contributed by atoms with E-state index in [1.165, 1.54) is 7.11 Å². The van der Waals surface area contributed by atoms with Crippen molar-refractivity contribution >= 4 is 27.6 Å². The molecule has 1 heterocycles. The quantitative estimate of drug-likeness (QED) is 0.650. The van der Waals surface area contributed by atoms with Crippen molar-refractivity contribution in [1.29, 1.82) is 0 Å². The molecule has 8 nitrogen and oxygen atoms in total. The van der Waals surface area contributed by atoms with E-state index in [1.54, 1.807) is 25.2 Å². The second-order valence-corrected chi connectivity index (χ2v) is 4.64. The first-order valence-electron chi connectivity index (χ1n) is 5.75. The van der Waals surface area contributed by atoms with Crippen molar-refractivity contribution in [1.82, 2.24) is 9.97 Å². The second-order valence-electron chi connectivity index (χ2n) is 3.79. The molecule has 1 aromatic carbocycles. The van der Waals surface area contributed by atoms with Crippen LogP contribution in [0.5, 0.6) is 17.4 Å². The first-order valence-corrected chi connectivity index (χ1v) is 6.55. The number of nitrogens with zero attached hydrogens (tertiary/aromatic N) is 3. The van der Waals surface area contributed by atoms with E-state index in [4.69, 9.17) is 9.47 Å². The third-order valence-corrected chi connectivity index (χ3v) is 3.12. The number of hydrogen-bond donors (Lipinski definition) is 1. The molecule has 0 spiro atoms. The van der Waals surface area contributed by atoms with E-state index in [0.717, 1.165) is 6.20 Å². The van der Waals surface area contributed by atoms with Crippen molar-refractivity contribution in [2.75, 3.05) is 19.5 Å². The SMILES string of the molecule is CNc1ncc([N+](=O)[O-])c(Oc2ccc(OC)cc2Br)n1. The molecule has 0 bridgehead atoms. The van der Waals surface area contributed by atoms with E-state index in [2.05, 4.69) is 31.2 Å². The molecule has 0 aliphatic heterocycles. The monoisotopic (exact) mass is 354 g/mol. The molecule has 21 heavy (non-hydrogen) atoms. The lowest BCUT2D eigenvalue weighted by molar-refractivity contribution is -0.386. The molecule has 0 radical (unpaired) electrons. The largest absolute Gasteiger partial charge is 0.497 e. The Morgan fingerprint density at radius 1 is 1.43 bits per heavy atom. The summed E-state index contributed by atoms with van der Waals surface area (Å²) in [6.07, 6.45) is 1.09. The maximum atomic E-state index is 11.0. The van der Waals surface area contributed by atoms with Crippen molar-refractivity contribution in [2.45, 2.75) is 0 Å². The molecule has 1 aromatic heterocycles. The second kappa shape index (κ2) is 6.35. The molecule has 0 saturated carbocycles. The van der Waals surface area contributed by atoms with E-state index in [9.17, 15) is 10.1 Å². The first kappa shape index (κ1) is 15.0. The molecule has 2 rings (SSSR count). The van der Waals surface area contributed by atoms with Crippen LogP contribution in [0.25, 0.3) is 0 Å². The van der Waals surface area contributed by atoms with Gasteiger partial charge >= 0.3 is 11.6 Å². The zero-order valence-corrected chi connectivity index (χ0v) is 12.7. The number of halogens is 1. The molecular weight excluding hydrogens is 344 g/mol. The van der Waals surface area contributed by atoms with Crippen LogP contribution in [0.3, 0.4) is 0 Å². The number of nitro groups is 1. The van der Waals surface area contributed by atoms with Gasteiger partial charge in [0.1, 0.15) is 17.7 Å². The van der Waals surface area contributed by atoms with E-state index < -0.39 is 4.92 Å². The highest BCUT2D eigenvalue weighted by Crippen LogP contribution is 2.35. The fourth-order valence-electron chi connectivity index (χ4n) is 1.48. The minimum Gasteiger partial charge on any atom is -0.497 e. The molecule has 9 heteroatoms. The molecule has 0 atom stereocenters. The van der Waals surface area contributed by atoms with Crippen LogP contribution >= 0.6 is 15.9 Å². The van der Waals surface area contributed by atoms with Gasteiger partial charge in [-0.2, -0.15) is 4.98 Å². The van der Waals surface area contributed by atoms with Gasteiger partial charge in [0.2, 0.25) is 5.95 Å². The van der Waals surface area contributed by atoms with Crippen LogP contribution in [0.2, 0.25) is 0 Å². The number of nitrogens with one attached hydrogen (secondary N) is 1. The third kappa shape index (κ3) is 3.37. The van der Waals surface area contributed by atoms with Crippen LogP contribution < -0.4 is 14.8 Å². The Bertz CT molecular complexity index is 680. The number of benzene rings is 1. The number of anilines is 1. The lowest BCUT2D eigenvalue weighted by atomic mass is 10.3. The Balaban J connectivity index is 2.40. The van der Waals surface area contributed by atoms with Crippen molar-refractivity contribution in [3.8, 4) is 17.4 Å². The maximum absolute atomic E-state index is 11.0. The van der Waals surface area contributed by atoms with Crippen LogP contribution in [0, 0.1) is 10.1 Å². The van der Waals surface area contributed by atoms with Crippen molar-refractivity contribution < 1.29 is 14.4 Å². The number of rotatable bonds is 5. The summed E-state index contributed by atoms with van der Waals surface area (Å²) in [6, 6.07) is 4.97. The first-order chi connectivity index (χ1) is 10.0. The molecule has 0 amide bonds. The number of ether oxygens (including phenoxy) is 2. The standard InChI is InChI=1S/C12H11BrN4O4/c1-14-12-15-6-9(17(18)19)11(16-12)21-10-4-3-7(20-2)5-8(10)13/h3-6H,1-2H3,(H,14,15,16). The highest BCUT2D eigenvalue weighted by atomic mass is 79.9. The van der Waals surface area contributed by atoms with Crippen LogP contribution in [-0.4, -0.2) is 29.0 Å². The van der Waals surface area contributed by atoms with Gasteiger partial charge in [-0.1, -0.05) is 0 Å². The molecule has 0 aliphatic rings. The van der Waals surface area contributed by atoms with Crippen molar-refractivity contribution in [2.24, 2.45) is 0 Å². The van der Waals surface area contributed by atoms with Gasteiger partial charge in [-0.3, -0.25) is 10.1 Å². The minimum atomic E-state index is -0.605. The molecule has 2 aromatic rings. The van der Waals surface area contributed by atoms with Gasteiger partial charge in [0.15, 0.2) is 0 Å². The van der Waals surface area contributed by atoms with Gasteiger partial charge in [0.25, 0.3) is 0 Å². The third-order valence-electron chi connectivity index (χ3n) is 2.50. The fraction of sp³-hybridized carbons (Fsp3) is 0.167. The summed E-state index contributed by atoms with van der Waals surface area (Å²) < 4.78 is 11.2. The van der Waals surface area contributed by atoms with Crippen LogP contribution in [-0.2, 0) is 0 Å². The summed E-state index contributed by atoms with van der Waals surface area (Å²) in [7, 11) is 3.14. The van der Waals surface area contributed by atoms with Gasteiger partial charge in [0, 0.05) is 7.05 Å². The average Bonchev–Trinajstić information content (AvgIpc) is 2.48. The predicted molar refractivity (Wildman–Crippen MR) is 79.0 cm³/mol. The normalized spacial score (nSPS) is 10.0.